The lowest BCUT2D eigenvalue weighted by molar-refractivity contribution is -0.137. The Morgan fingerprint density at radius 1 is 1.25 bits per heavy atom. The van der Waals surface area contributed by atoms with Gasteiger partial charge in [0, 0.05) is 30.4 Å². The number of hydrogen-bond acceptors (Lipinski definition) is 4. The predicted octanol–water partition coefficient (Wildman–Crippen LogP) is 5.06. The standard InChI is InChI=1S/C21H22ClF3N6O/c1-12(2)11-30-20(22)16(14(4)29-30)6-8-19(32)27-18-9-13(3)28-31(18)17-7-5-15(10-26-17)21(23,24)25/h5-10,12H,11H2,1-4H3,(H,27,32)/b8-6+. The van der Waals surface area contributed by atoms with E-state index in [-0.39, 0.29) is 11.6 Å². The molecule has 0 atom stereocenters. The Morgan fingerprint density at radius 3 is 2.56 bits per heavy atom. The zero-order valence-corrected chi connectivity index (χ0v) is 18.7. The molecule has 3 aromatic rings. The fourth-order valence-electron chi connectivity index (χ4n) is 2.99. The Balaban J connectivity index is 1.79. The molecule has 3 rings (SSSR count). The van der Waals surface area contributed by atoms with Crippen LogP contribution < -0.4 is 5.32 Å². The topological polar surface area (TPSA) is 77.6 Å². The Hall–Kier alpha value is -3.14. The second kappa shape index (κ2) is 9.15. The molecule has 7 nitrogen and oxygen atoms in total. The van der Waals surface area contributed by atoms with Crippen LogP contribution in [0.25, 0.3) is 11.9 Å². The molecule has 0 aromatic carbocycles. The quantitative estimate of drug-likeness (QED) is 0.515. The maximum Gasteiger partial charge on any atom is 0.417 e. The van der Waals surface area contributed by atoms with E-state index in [1.54, 1.807) is 30.7 Å². The van der Waals surface area contributed by atoms with E-state index in [1.165, 1.54) is 16.8 Å². The molecule has 11 heteroatoms. The van der Waals surface area contributed by atoms with Gasteiger partial charge in [-0.15, -0.1) is 0 Å². The Labute approximate surface area is 187 Å². The molecule has 3 heterocycles. The molecule has 0 saturated heterocycles. The summed E-state index contributed by atoms with van der Waals surface area (Å²) in [6, 6.07) is 3.68. The zero-order chi connectivity index (χ0) is 23.6. The number of amides is 1. The van der Waals surface area contributed by atoms with E-state index in [0.29, 0.717) is 34.6 Å². The van der Waals surface area contributed by atoms with E-state index in [9.17, 15) is 18.0 Å². The lowest BCUT2D eigenvalue weighted by Crippen LogP contribution is -2.13. The smallest absolute Gasteiger partial charge is 0.307 e. The first-order chi connectivity index (χ1) is 15.0. The first kappa shape index (κ1) is 23.5. The van der Waals surface area contributed by atoms with Crippen molar-refractivity contribution in [3.8, 4) is 5.82 Å². The third-order valence-electron chi connectivity index (χ3n) is 4.42. The highest BCUT2D eigenvalue weighted by Gasteiger charge is 2.30. The van der Waals surface area contributed by atoms with Crippen molar-refractivity contribution >= 4 is 29.4 Å². The van der Waals surface area contributed by atoms with Crippen molar-refractivity contribution < 1.29 is 18.0 Å². The van der Waals surface area contributed by atoms with Crippen molar-refractivity contribution in [2.24, 2.45) is 5.92 Å². The maximum absolute atomic E-state index is 12.8. The van der Waals surface area contributed by atoms with Crippen molar-refractivity contribution in [1.29, 1.82) is 0 Å². The van der Waals surface area contributed by atoms with Gasteiger partial charge in [0.15, 0.2) is 5.82 Å². The van der Waals surface area contributed by atoms with E-state index in [2.05, 4.69) is 20.5 Å². The minimum absolute atomic E-state index is 0.138. The largest absolute Gasteiger partial charge is 0.417 e. The molecule has 0 aliphatic rings. The number of aryl methyl sites for hydroxylation is 2. The highest BCUT2D eigenvalue weighted by Crippen LogP contribution is 2.29. The maximum atomic E-state index is 12.8. The van der Waals surface area contributed by atoms with Gasteiger partial charge in [0.2, 0.25) is 5.91 Å². The molecule has 0 unspecified atom stereocenters. The number of carbonyl (C=O) groups is 1. The van der Waals surface area contributed by atoms with E-state index < -0.39 is 17.6 Å². The number of rotatable bonds is 6. The van der Waals surface area contributed by atoms with E-state index in [0.717, 1.165) is 12.3 Å². The van der Waals surface area contributed by atoms with E-state index in [4.69, 9.17) is 11.6 Å². The number of nitrogens with one attached hydrogen (secondary N) is 1. The molecule has 0 spiro atoms. The van der Waals surface area contributed by atoms with Crippen LogP contribution in [0.1, 0.15) is 36.4 Å². The minimum atomic E-state index is -4.49. The number of hydrogen-bond donors (Lipinski definition) is 1. The molecule has 0 radical (unpaired) electrons. The second-order valence-corrected chi connectivity index (χ2v) is 8.03. The van der Waals surface area contributed by atoms with E-state index >= 15 is 0 Å². The highest BCUT2D eigenvalue weighted by molar-refractivity contribution is 6.31. The summed E-state index contributed by atoms with van der Waals surface area (Å²) in [5.41, 5.74) is 1.01. The minimum Gasteiger partial charge on any atom is -0.307 e. The lowest BCUT2D eigenvalue weighted by atomic mass is 10.2. The van der Waals surface area contributed by atoms with Crippen LogP contribution in [0.15, 0.2) is 30.5 Å². The first-order valence-electron chi connectivity index (χ1n) is 9.78. The van der Waals surface area contributed by atoms with Gasteiger partial charge in [-0.3, -0.25) is 9.48 Å². The number of aromatic nitrogens is 5. The SMILES string of the molecule is Cc1cc(NC(=O)/C=C/c2c(C)nn(CC(C)C)c2Cl)n(-c2ccc(C(F)(F)F)cn2)n1. The summed E-state index contributed by atoms with van der Waals surface area (Å²) in [6.07, 6.45) is -0.892. The second-order valence-electron chi connectivity index (χ2n) is 7.67. The van der Waals surface area contributed by atoms with Gasteiger partial charge in [-0.05, 0) is 38.0 Å². The molecule has 1 amide bonds. The van der Waals surface area contributed by atoms with Gasteiger partial charge >= 0.3 is 6.18 Å². The summed E-state index contributed by atoms with van der Waals surface area (Å²) in [6.45, 7) is 8.24. The molecule has 170 valence electrons. The number of alkyl halides is 3. The predicted molar refractivity (Wildman–Crippen MR) is 116 cm³/mol. The fraction of sp³-hybridized carbons (Fsp3) is 0.333. The first-order valence-corrected chi connectivity index (χ1v) is 10.2. The molecule has 0 aliphatic heterocycles. The van der Waals surface area contributed by atoms with Gasteiger partial charge in [-0.2, -0.15) is 28.1 Å². The molecular weight excluding hydrogens is 445 g/mol. The summed E-state index contributed by atoms with van der Waals surface area (Å²) >= 11 is 6.39. The molecule has 3 aromatic heterocycles. The van der Waals surface area contributed by atoms with Crippen molar-refractivity contribution in [2.45, 2.75) is 40.4 Å². The van der Waals surface area contributed by atoms with Gasteiger partial charge in [0.05, 0.1) is 17.0 Å². The van der Waals surface area contributed by atoms with Crippen LogP contribution in [0, 0.1) is 19.8 Å². The molecular formula is C21H22ClF3N6O. The highest BCUT2D eigenvalue weighted by atomic mass is 35.5. The summed E-state index contributed by atoms with van der Waals surface area (Å²) in [4.78, 5) is 16.3. The normalized spacial score (nSPS) is 12.2. The van der Waals surface area contributed by atoms with Gasteiger partial charge in [0.1, 0.15) is 11.0 Å². The molecule has 32 heavy (non-hydrogen) atoms. The van der Waals surface area contributed by atoms with Gasteiger partial charge < -0.3 is 5.32 Å². The van der Waals surface area contributed by atoms with Crippen LogP contribution in [-0.4, -0.2) is 30.5 Å². The number of halogens is 4. The van der Waals surface area contributed by atoms with Crippen LogP contribution >= 0.6 is 11.6 Å². The molecule has 0 aliphatic carbocycles. The van der Waals surface area contributed by atoms with Crippen LogP contribution in [0.5, 0.6) is 0 Å². The average molecular weight is 467 g/mol. The third-order valence-corrected chi connectivity index (χ3v) is 4.82. The molecule has 1 N–H and O–H groups in total. The van der Waals surface area contributed by atoms with Crippen molar-refractivity contribution in [2.75, 3.05) is 5.32 Å². The van der Waals surface area contributed by atoms with E-state index in [1.807, 2.05) is 13.8 Å². The number of anilines is 1. The van der Waals surface area contributed by atoms with Gasteiger partial charge in [-0.25, -0.2) is 4.98 Å². The van der Waals surface area contributed by atoms with Gasteiger partial charge in [0.25, 0.3) is 0 Å². The van der Waals surface area contributed by atoms with Crippen molar-refractivity contribution in [3.05, 3.63) is 58.1 Å². The molecule has 0 fully saturated rings. The van der Waals surface area contributed by atoms with Crippen LogP contribution in [0.4, 0.5) is 19.0 Å². The van der Waals surface area contributed by atoms with Crippen LogP contribution in [0.3, 0.4) is 0 Å². The Bertz CT molecular complexity index is 1150. The van der Waals surface area contributed by atoms with Crippen LogP contribution in [-0.2, 0) is 17.5 Å². The Kier molecular flexibility index (Phi) is 6.73. The average Bonchev–Trinajstić information content (AvgIpc) is 3.18. The Morgan fingerprint density at radius 2 is 1.97 bits per heavy atom. The number of nitrogens with zero attached hydrogens (tertiary/aromatic N) is 5. The summed E-state index contributed by atoms with van der Waals surface area (Å²) in [7, 11) is 0. The molecule has 0 bridgehead atoms. The summed E-state index contributed by atoms with van der Waals surface area (Å²) in [5, 5.41) is 11.7. The fourth-order valence-corrected chi connectivity index (χ4v) is 3.30. The number of pyridine rings is 1. The zero-order valence-electron chi connectivity index (χ0n) is 17.9. The van der Waals surface area contributed by atoms with Crippen LogP contribution in [0.2, 0.25) is 5.15 Å². The summed E-state index contributed by atoms with van der Waals surface area (Å²) in [5.74, 6) is 0.293. The van der Waals surface area contributed by atoms with Gasteiger partial charge in [-0.1, -0.05) is 25.4 Å². The number of carbonyl (C=O) groups excluding carboxylic acids is 1. The summed E-state index contributed by atoms with van der Waals surface area (Å²) < 4.78 is 41.3. The molecule has 0 saturated carbocycles. The van der Waals surface area contributed by atoms with Crippen molar-refractivity contribution in [3.63, 3.8) is 0 Å². The monoisotopic (exact) mass is 466 g/mol. The third kappa shape index (κ3) is 5.37. The van der Waals surface area contributed by atoms with Crippen molar-refractivity contribution in [1.82, 2.24) is 24.5 Å². The lowest BCUT2D eigenvalue weighted by Gasteiger charge is -2.09.